The second kappa shape index (κ2) is 5.73. The van der Waals surface area contributed by atoms with Gasteiger partial charge in [-0.2, -0.15) is 0 Å². The summed E-state index contributed by atoms with van der Waals surface area (Å²) in [5, 5.41) is 2.58. The third kappa shape index (κ3) is 2.64. The lowest BCUT2D eigenvalue weighted by Gasteiger charge is -2.11. The van der Waals surface area contributed by atoms with Crippen molar-refractivity contribution in [1.82, 2.24) is 0 Å². The Balaban J connectivity index is 2.00. The first-order valence-electron chi connectivity index (χ1n) is 7.96. The first-order chi connectivity index (χ1) is 11.3. The highest BCUT2D eigenvalue weighted by atomic mass is 14.1. The molecule has 0 nitrogen and oxygen atoms in total. The monoisotopic (exact) mass is 294 g/mol. The van der Waals surface area contributed by atoms with Gasteiger partial charge >= 0.3 is 0 Å². The zero-order valence-corrected chi connectivity index (χ0v) is 13.2. The van der Waals surface area contributed by atoms with E-state index in [1.54, 1.807) is 0 Å². The molecule has 0 saturated heterocycles. The van der Waals surface area contributed by atoms with E-state index in [4.69, 9.17) is 0 Å². The van der Waals surface area contributed by atoms with E-state index in [0.29, 0.717) is 0 Å². The van der Waals surface area contributed by atoms with Crippen molar-refractivity contribution in [3.8, 4) is 22.3 Å². The Morgan fingerprint density at radius 3 is 2.00 bits per heavy atom. The first kappa shape index (κ1) is 13.8. The number of aryl methyl sites for hydroxylation is 1. The predicted octanol–water partition coefficient (Wildman–Crippen LogP) is 6.48. The summed E-state index contributed by atoms with van der Waals surface area (Å²) in [5.74, 6) is 0. The fraction of sp³-hybridized carbons (Fsp3) is 0.0435. The lowest BCUT2D eigenvalue weighted by atomic mass is 9.93. The molecule has 110 valence electrons. The lowest BCUT2D eigenvalue weighted by molar-refractivity contribution is 1.47. The third-order valence-electron chi connectivity index (χ3n) is 4.33. The molecule has 0 fully saturated rings. The van der Waals surface area contributed by atoms with E-state index in [1.165, 1.54) is 38.6 Å². The largest absolute Gasteiger partial charge is 0.0622 e. The average molecular weight is 294 g/mol. The average Bonchev–Trinajstić information content (AvgIpc) is 2.62. The Bertz CT molecular complexity index is 948. The van der Waals surface area contributed by atoms with Gasteiger partial charge in [-0.15, -0.1) is 0 Å². The molecule has 0 heterocycles. The van der Waals surface area contributed by atoms with E-state index in [2.05, 4.69) is 97.9 Å². The molecule has 0 aliphatic carbocycles. The molecule has 4 aromatic rings. The summed E-state index contributed by atoms with van der Waals surface area (Å²) < 4.78 is 0. The van der Waals surface area contributed by atoms with Gasteiger partial charge in [0.05, 0.1) is 0 Å². The van der Waals surface area contributed by atoms with Gasteiger partial charge in [0.25, 0.3) is 0 Å². The van der Waals surface area contributed by atoms with E-state index < -0.39 is 0 Å². The quantitative estimate of drug-likeness (QED) is 0.397. The minimum absolute atomic E-state index is 1.26. The molecular formula is C23H18. The van der Waals surface area contributed by atoms with Gasteiger partial charge in [0.15, 0.2) is 0 Å². The topological polar surface area (TPSA) is 0 Å². The molecule has 0 aromatic heterocycles. The first-order valence-corrected chi connectivity index (χ1v) is 7.96. The van der Waals surface area contributed by atoms with Gasteiger partial charge in [-0.05, 0) is 52.1 Å². The second-order valence-corrected chi connectivity index (χ2v) is 5.98. The predicted molar refractivity (Wildman–Crippen MR) is 99.6 cm³/mol. The molecule has 0 spiro atoms. The number of benzene rings is 4. The van der Waals surface area contributed by atoms with Crippen LogP contribution in [0.5, 0.6) is 0 Å². The SMILES string of the molecule is Cc1ccc(-c2cc(-c3ccccc3)cc3ccccc23)cc1. The van der Waals surface area contributed by atoms with Gasteiger partial charge in [-0.3, -0.25) is 0 Å². The van der Waals surface area contributed by atoms with Gasteiger partial charge in [0.2, 0.25) is 0 Å². The molecule has 23 heavy (non-hydrogen) atoms. The van der Waals surface area contributed by atoms with Crippen LogP contribution in [0.1, 0.15) is 5.56 Å². The van der Waals surface area contributed by atoms with E-state index >= 15 is 0 Å². The Morgan fingerprint density at radius 1 is 0.522 bits per heavy atom. The summed E-state index contributed by atoms with van der Waals surface area (Å²) in [6.45, 7) is 2.13. The van der Waals surface area contributed by atoms with Gasteiger partial charge in [-0.1, -0.05) is 84.4 Å². The molecule has 0 amide bonds. The normalized spacial score (nSPS) is 10.8. The maximum atomic E-state index is 2.31. The van der Waals surface area contributed by atoms with Crippen molar-refractivity contribution >= 4 is 10.8 Å². The summed E-state index contributed by atoms with van der Waals surface area (Å²) in [5.41, 5.74) is 6.37. The van der Waals surface area contributed by atoms with Crippen LogP contribution in [0, 0.1) is 6.92 Å². The van der Waals surface area contributed by atoms with Crippen molar-refractivity contribution in [2.24, 2.45) is 0 Å². The summed E-state index contributed by atoms with van der Waals surface area (Å²) in [7, 11) is 0. The van der Waals surface area contributed by atoms with Crippen molar-refractivity contribution in [2.75, 3.05) is 0 Å². The van der Waals surface area contributed by atoms with Gasteiger partial charge in [0.1, 0.15) is 0 Å². The standard InChI is InChI=1S/C23H18/c1-17-11-13-19(14-12-17)23-16-21(18-7-3-2-4-8-18)15-20-9-5-6-10-22(20)23/h2-16H,1H3. The molecule has 0 saturated carbocycles. The maximum absolute atomic E-state index is 2.31. The summed E-state index contributed by atoms with van der Waals surface area (Å²) >= 11 is 0. The zero-order chi connectivity index (χ0) is 15.6. The fourth-order valence-electron chi connectivity index (χ4n) is 3.08. The molecule has 4 aromatic carbocycles. The van der Waals surface area contributed by atoms with Crippen molar-refractivity contribution in [3.05, 3.63) is 96.6 Å². The number of hydrogen-bond acceptors (Lipinski definition) is 0. The van der Waals surface area contributed by atoms with Crippen LogP contribution in [0.2, 0.25) is 0 Å². The molecule has 0 aliphatic heterocycles. The third-order valence-corrected chi connectivity index (χ3v) is 4.33. The van der Waals surface area contributed by atoms with Crippen LogP contribution in [-0.2, 0) is 0 Å². The molecular weight excluding hydrogens is 276 g/mol. The smallest absolute Gasteiger partial charge is 0.00992 e. The molecule has 4 rings (SSSR count). The molecule has 0 radical (unpaired) electrons. The maximum Gasteiger partial charge on any atom is -0.00992 e. The molecule has 0 N–H and O–H groups in total. The van der Waals surface area contributed by atoms with Gasteiger partial charge in [-0.25, -0.2) is 0 Å². The summed E-state index contributed by atoms with van der Waals surface area (Å²) in [6.07, 6.45) is 0. The van der Waals surface area contributed by atoms with Crippen LogP contribution < -0.4 is 0 Å². The van der Waals surface area contributed by atoms with Crippen LogP contribution in [0.4, 0.5) is 0 Å². The summed E-state index contributed by atoms with van der Waals surface area (Å²) in [6, 6.07) is 32.6. The van der Waals surface area contributed by atoms with Crippen LogP contribution >= 0.6 is 0 Å². The minimum atomic E-state index is 1.26. The molecule has 0 heteroatoms. The Labute approximate surface area is 137 Å². The molecule has 0 aliphatic rings. The van der Waals surface area contributed by atoms with E-state index in [9.17, 15) is 0 Å². The fourth-order valence-corrected chi connectivity index (χ4v) is 3.08. The van der Waals surface area contributed by atoms with Gasteiger partial charge < -0.3 is 0 Å². The van der Waals surface area contributed by atoms with Crippen molar-refractivity contribution in [3.63, 3.8) is 0 Å². The second-order valence-electron chi connectivity index (χ2n) is 5.98. The van der Waals surface area contributed by atoms with E-state index in [0.717, 1.165) is 0 Å². The molecule has 0 unspecified atom stereocenters. The van der Waals surface area contributed by atoms with Crippen molar-refractivity contribution in [1.29, 1.82) is 0 Å². The highest BCUT2D eigenvalue weighted by Gasteiger charge is 2.07. The van der Waals surface area contributed by atoms with Crippen LogP contribution in [0.3, 0.4) is 0 Å². The Kier molecular flexibility index (Phi) is 3.44. The minimum Gasteiger partial charge on any atom is -0.0622 e. The number of rotatable bonds is 2. The van der Waals surface area contributed by atoms with Crippen molar-refractivity contribution < 1.29 is 0 Å². The number of fused-ring (bicyclic) bond motifs is 1. The van der Waals surface area contributed by atoms with Crippen LogP contribution in [0.15, 0.2) is 91.0 Å². The van der Waals surface area contributed by atoms with Crippen LogP contribution in [0.25, 0.3) is 33.0 Å². The lowest BCUT2D eigenvalue weighted by Crippen LogP contribution is -1.85. The Hall–Kier alpha value is -2.86. The zero-order valence-electron chi connectivity index (χ0n) is 13.2. The number of hydrogen-bond donors (Lipinski definition) is 0. The highest BCUT2D eigenvalue weighted by Crippen LogP contribution is 2.34. The van der Waals surface area contributed by atoms with E-state index in [-0.39, 0.29) is 0 Å². The van der Waals surface area contributed by atoms with E-state index in [1.807, 2.05) is 0 Å². The highest BCUT2D eigenvalue weighted by molar-refractivity contribution is 6.00. The van der Waals surface area contributed by atoms with Crippen LogP contribution in [-0.4, -0.2) is 0 Å². The Morgan fingerprint density at radius 2 is 1.22 bits per heavy atom. The summed E-state index contributed by atoms with van der Waals surface area (Å²) in [4.78, 5) is 0. The molecule has 0 bridgehead atoms. The van der Waals surface area contributed by atoms with Gasteiger partial charge in [0, 0.05) is 0 Å². The molecule has 0 atom stereocenters. The van der Waals surface area contributed by atoms with Crippen molar-refractivity contribution in [2.45, 2.75) is 6.92 Å².